The van der Waals surface area contributed by atoms with Crippen LogP contribution >= 0.6 is 0 Å². The highest BCUT2D eigenvalue weighted by Gasteiger charge is 2.29. The van der Waals surface area contributed by atoms with Crippen LogP contribution in [-0.2, 0) is 0 Å². The summed E-state index contributed by atoms with van der Waals surface area (Å²) in [6.07, 6.45) is 6.41. The summed E-state index contributed by atoms with van der Waals surface area (Å²) in [7, 11) is 0. The number of hydrogen-bond acceptors (Lipinski definition) is 1. The average Bonchev–Trinajstić information content (AvgIpc) is 3.40. The monoisotopic (exact) mass is 426 g/mol. The van der Waals surface area contributed by atoms with Crippen LogP contribution in [0.5, 0.6) is 0 Å². The first-order chi connectivity index (χ1) is 16.2. The zero-order valence-corrected chi connectivity index (χ0v) is 18.7. The summed E-state index contributed by atoms with van der Waals surface area (Å²) in [5.41, 5.74) is 11.3. The molecular formula is C30H24N3+. The van der Waals surface area contributed by atoms with Crippen molar-refractivity contribution in [2.75, 3.05) is 0 Å². The maximum Gasteiger partial charge on any atom is 0.237 e. The van der Waals surface area contributed by atoms with Crippen molar-refractivity contribution < 1.29 is 4.57 Å². The van der Waals surface area contributed by atoms with Crippen LogP contribution in [0.25, 0.3) is 22.5 Å². The molecule has 1 aliphatic heterocycles. The maximum absolute atomic E-state index is 5.18. The van der Waals surface area contributed by atoms with Crippen LogP contribution in [0.3, 0.4) is 0 Å². The summed E-state index contributed by atoms with van der Waals surface area (Å²) in [6.45, 7) is 4.23. The highest BCUT2D eigenvalue weighted by Crippen LogP contribution is 2.33. The smallest absolute Gasteiger partial charge is 0.237 e. The summed E-state index contributed by atoms with van der Waals surface area (Å²) in [5, 5.41) is 0. The summed E-state index contributed by atoms with van der Waals surface area (Å²) in [6, 6.07) is 32.1. The van der Waals surface area contributed by atoms with E-state index in [0.717, 1.165) is 34.0 Å². The largest absolute Gasteiger partial charge is 0.314 e. The molecule has 33 heavy (non-hydrogen) atoms. The van der Waals surface area contributed by atoms with Crippen molar-refractivity contribution in [1.82, 2.24) is 4.40 Å². The summed E-state index contributed by atoms with van der Waals surface area (Å²) >= 11 is 0. The fourth-order valence-electron chi connectivity index (χ4n) is 4.47. The summed E-state index contributed by atoms with van der Waals surface area (Å²) in [5.74, 6) is 0. The Bertz CT molecular complexity index is 1550. The number of aromatic nitrogens is 2. The van der Waals surface area contributed by atoms with Gasteiger partial charge < -0.3 is 4.40 Å². The molecule has 1 aliphatic rings. The van der Waals surface area contributed by atoms with E-state index in [4.69, 9.17) is 4.99 Å². The third-order valence-electron chi connectivity index (χ3n) is 6.25. The lowest BCUT2D eigenvalue weighted by Crippen LogP contribution is -2.34. The molecule has 0 saturated heterocycles. The summed E-state index contributed by atoms with van der Waals surface area (Å²) < 4.78 is 4.45. The van der Waals surface area contributed by atoms with Gasteiger partial charge >= 0.3 is 0 Å². The Morgan fingerprint density at radius 2 is 1.42 bits per heavy atom. The van der Waals surface area contributed by atoms with Gasteiger partial charge in [-0.15, -0.1) is 0 Å². The van der Waals surface area contributed by atoms with Crippen molar-refractivity contribution in [3.05, 3.63) is 132 Å². The third-order valence-corrected chi connectivity index (χ3v) is 6.25. The van der Waals surface area contributed by atoms with E-state index in [-0.39, 0.29) is 0 Å². The van der Waals surface area contributed by atoms with Gasteiger partial charge in [-0.1, -0.05) is 53.6 Å². The van der Waals surface area contributed by atoms with E-state index >= 15 is 0 Å². The van der Waals surface area contributed by atoms with Crippen LogP contribution in [0, 0.1) is 13.8 Å². The van der Waals surface area contributed by atoms with Crippen molar-refractivity contribution in [3.63, 3.8) is 0 Å². The highest BCUT2D eigenvalue weighted by molar-refractivity contribution is 6.13. The SMILES string of the molecule is Cc1ccc(C2=CC(=Nc3cc(-c4ccc(C)cc4)n4ccccc34)c3cccc[n+]32)cc1. The Labute approximate surface area is 193 Å². The lowest BCUT2D eigenvalue weighted by Gasteiger charge is -2.03. The van der Waals surface area contributed by atoms with E-state index in [1.165, 1.54) is 22.3 Å². The molecule has 0 aliphatic carbocycles. The lowest BCUT2D eigenvalue weighted by molar-refractivity contribution is -0.577. The molecule has 3 aromatic heterocycles. The molecule has 0 atom stereocenters. The van der Waals surface area contributed by atoms with E-state index in [9.17, 15) is 0 Å². The molecule has 5 aromatic rings. The first-order valence-electron chi connectivity index (χ1n) is 11.2. The molecule has 0 unspecified atom stereocenters. The van der Waals surface area contributed by atoms with E-state index in [2.05, 4.69) is 132 Å². The number of pyridine rings is 2. The molecule has 0 amide bonds. The van der Waals surface area contributed by atoms with Crippen LogP contribution in [0.15, 0.2) is 114 Å². The Hall–Kier alpha value is -4.24. The third kappa shape index (κ3) is 3.39. The van der Waals surface area contributed by atoms with Gasteiger partial charge in [-0.05, 0) is 55.8 Å². The second-order valence-electron chi connectivity index (χ2n) is 8.59. The van der Waals surface area contributed by atoms with E-state index in [1.54, 1.807) is 0 Å². The number of benzene rings is 2. The second-order valence-corrected chi connectivity index (χ2v) is 8.59. The Morgan fingerprint density at radius 1 is 0.727 bits per heavy atom. The minimum Gasteiger partial charge on any atom is -0.314 e. The van der Waals surface area contributed by atoms with Crippen molar-refractivity contribution in [1.29, 1.82) is 0 Å². The van der Waals surface area contributed by atoms with Crippen LogP contribution in [0.1, 0.15) is 22.4 Å². The molecule has 0 N–H and O–H groups in total. The Kier molecular flexibility index (Phi) is 4.55. The van der Waals surface area contributed by atoms with Crippen LogP contribution in [-0.4, -0.2) is 10.1 Å². The van der Waals surface area contributed by atoms with E-state index < -0.39 is 0 Å². The van der Waals surface area contributed by atoms with E-state index in [1.807, 2.05) is 0 Å². The van der Waals surface area contributed by atoms with Gasteiger partial charge in [-0.2, -0.15) is 4.57 Å². The van der Waals surface area contributed by atoms with Crippen LogP contribution < -0.4 is 4.57 Å². The molecule has 0 bridgehead atoms. The number of aryl methyl sites for hydroxylation is 2. The predicted octanol–water partition coefficient (Wildman–Crippen LogP) is 6.53. The number of rotatable bonds is 3. The van der Waals surface area contributed by atoms with Crippen LogP contribution in [0.4, 0.5) is 5.69 Å². The number of nitrogens with zero attached hydrogens (tertiary/aromatic N) is 3. The van der Waals surface area contributed by atoms with Gasteiger partial charge in [0.15, 0.2) is 6.20 Å². The fourth-order valence-corrected chi connectivity index (χ4v) is 4.47. The van der Waals surface area contributed by atoms with Gasteiger partial charge in [0.25, 0.3) is 0 Å². The molecule has 4 heterocycles. The molecule has 3 heteroatoms. The van der Waals surface area contributed by atoms with Gasteiger partial charge in [0.05, 0.1) is 16.9 Å². The molecule has 0 saturated carbocycles. The zero-order valence-electron chi connectivity index (χ0n) is 18.7. The van der Waals surface area contributed by atoms with Gasteiger partial charge in [-0.25, -0.2) is 4.99 Å². The standard InChI is InChI=1S/C30H24N3/c1-21-9-13-23(14-10-21)29-19-25(27-7-3-5-17-32(27)29)31-26-20-30(24-15-11-22(2)12-16-24)33-18-6-4-8-28(26)33/h3-20H,1-2H3/q+1. The lowest BCUT2D eigenvalue weighted by atomic mass is 10.1. The zero-order chi connectivity index (χ0) is 22.4. The molecule has 2 aromatic carbocycles. The molecule has 0 radical (unpaired) electrons. The van der Waals surface area contributed by atoms with E-state index in [0.29, 0.717) is 0 Å². The van der Waals surface area contributed by atoms with Crippen molar-refractivity contribution in [2.24, 2.45) is 4.99 Å². The molecule has 6 rings (SSSR count). The Morgan fingerprint density at radius 3 is 2.18 bits per heavy atom. The topological polar surface area (TPSA) is 20.6 Å². The molecule has 158 valence electrons. The minimum atomic E-state index is 0.970. The normalized spacial score (nSPS) is 14.0. The number of hydrogen-bond donors (Lipinski definition) is 0. The quantitative estimate of drug-likeness (QED) is 0.292. The van der Waals surface area contributed by atoms with Gasteiger partial charge in [0.2, 0.25) is 11.4 Å². The first kappa shape index (κ1) is 19.4. The molecule has 0 spiro atoms. The minimum absolute atomic E-state index is 0.970. The van der Waals surface area contributed by atoms with Gasteiger partial charge in [0.1, 0.15) is 5.71 Å². The van der Waals surface area contributed by atoms with Crippen molar-refractivity contribution >= 4 is 22.6 Å². The molecule has 0 fully saturated rings. The van der Waals surface area contributed by atoms with Crippen molar-refractivity contribution in [3.8, 4) is 11.3 Å². The van der Waals surface area contributed by atoms with Crippen LogP contribution in [0.2, 0.25) is 0 Å². The second kappa shape index (κ2) is 7.72. The highest BCUT2D eigenvalue weighted by atomic mass is 15.0. The summed E-state index contributed by atoms with van der Waals surface area (Å²) in [4.78, 5) is 5.18. The predicted molar refractivity (Wildman–Crippen MR) is 135 cm³/mol. The fraction of sp³-hybridized carbons (Fsp3) is 0.0667. The molecule has 3 nitrogen and oxygen atoms in total. The average molecular weight is 427 g/mol. The first-order valence-corrected chi connectivity index (χ1v) is 11.2. The Balaban J connectivity index is 1.53. The maximum atomic E-state index is 5.18. The molecular weight excluding hydrogens is 402 g/mol. The number of allylic oxidation sites excluding steroid dienone is 1. The number of aliphatic imine (C=N–C) groups is 1. The van der Waals surface area contributed by atoms with Crippen molar-refractivity contribution in [2.45, 2.75) is 13.8 Å². The van der Waals surface area contributed by atoms with Gasteiger partial charge in [-0.3, -0.25) is 0 Å². The number of fused-ring (bicyclic) bond motifs is 2. The van der Waals surface area contributed by atoms with Gasteiger partial charge in [0, 0.05) is 30.0 Å².